The molecule has 100 valence electrons. The number of halogens is 1. The Balaban J connectivity index is 1.92. The third-order valence-electron chi connectivity index (χ3n) is 3.07. The van der Waals surface area contributed by atoms with Crippen molar-refractivity contribution in [3.63, 3.8) is 0 Å². The maximum atomic E-state index is 13.8. The number of benzene rings is 2. The first-order valence-corrected chi connectivity index (χ1v) is 6.16. The van der Waals surface area contributed by atoms with Crippen LogP contribution in [0, 0.1) is 12.7 Å². The minimum atomic E-state index is -0.539. The molecule has 5 heteroatoms. The third-order valence-corrected chi connectivity index (χ3v) is 3.07. The molecule has 3 aromatic rings. The molecule has 0 atom stereocenters. The van der Waals surface area contributed by atoms with Crippen molar-refractivity contribution in [1.29, 1.82) is 0 Å². The van der Waals surface area contributed by atoms with E-state index >= 15 is 0 Å². The lowest BCUT2D eigenvalue weighted by Gasteiger charge is -2.04. The number of fused-ring (bicyclic) bond motifs is 1. The number of para-hydroxylation sites is 1. The van der Waals surface area contributed by atoms with Crippen LogP contribution in [-0.4, -0.2) is 16.1 Å². The Bertz CT molecular complexity index is 795. The maximum Gasteiger partial charge on any atom is 0.259 e. The molecule has 1 amide bonds. The van der Waals surface area contributed by atoms with Gasteiger partial charge >= 0.3 is 0 Å². The number of aromatic amines is 1. The fraction of sp³-hybridized carbons (Fsp3) is 0.0667. The van der Waals surface area contributed by atoms with Crippen LogP contribution in [0.2, 0.25) is 0 Å². The fourth-order valence-corrected chi connectivity index (χ4v) is 2.04. The van der Waals surface area contributed by atoms with E-state index in [2.05, 4.69) is 15.5 Å². The van der Waals surface area contributed by atoms with Gasteiger partial charge in [0.1, 0.15) is 5.82 Å². The highest BCUT2D eigenvalue weighted by Gasteiger charge is 2.14. The number of carbonyl (C=O) groups excluding carboxylic acids is 1. The topological polar surface area (TPSA) is 57.8 Å². The number of hydrogen-bond acceptors (Lipinski definition) is 2. The van der Waals surface area contributed by atoms with Crippen LogP contribution in [0.5, 0.6) is 0 Å². The van der Waals surface area contributed by atoms with E-state index in [1.54, 1.807) is 13.0 Å². The Kier molecular flexibility index (Phi) is 2.95. The van der Waals surface area contributed by atoms with Crippen LogP contribution < -0.4 is 5.32 Å². The Labute approximate surface area is 114 Å². The van der Waals surface area contributed by atoms with Crippen molar-refractivity contribution in [2.45, 2.75) is 6.92 Å². The standard InChI is InChI=1S/C15H12FN3O/c1-9-6-7-10(12(16)8-9)15(20)17-14-11-4-2-3-5-13(11)18-19-14/h2-8H,1H3,(H2,17,18,19,20). The van der Waals surface area contributed by atoms with Gasteiger partial charge in [-0.05, 0) is 36.8 Å². The van der Waals surface area contributed by atoms with Crippen LogP contribution in [-0.2, 0) is 0 Å². The first-order valence-electron chi connectivity index (χ1n) is 6.16. The molecule has 0 fully saturated rings. The van der Waals surface area contributed by atoms with E-state index in [-0.39, 0.29) is 5.56 Å². The monoisotopic (exact) mass is 269 g/mol. The van der Waals surface area contributed by atoms with Crippen molar-refractivity contribution in [2.75, 3.05) is 5.32 Å². The predicted molar refractivity (Wildman–Crippen MR) is 75.2 cm³/mol. The maximum absolute atomic E-state index is 13.8. The van der Waals surface area contributed by atoms with E-state index < -0.39 is 11.7 Å². The predicted octanol–water partition coefficient (Wildman–Crippen LogP) is 3.26. The van der Waals surface area contributed by atoms with E-state index in [1.165, 1.54) is 12.1 Å². The molecule has 2 aromatic carbocycles. The fourth-order valence-electron chi connectivity index (χ4n) is 2.04. The average molecular weight is 269 g/mol. The number of carbonyl (C=O) groups is 1. The van der Waals surface area contributed by atoms with E-state index in [4.69, 9.17) is 0 Å². The smallest absolute Gasteiger partial charge is 0.259 e. The molecule has 4 nitrogen and oxygen atoms in total. The van der Waals surface area contributed by atoms with Crippen LogP contribution >= 0.6 is 0 Å². The van der Waals surface area contributed by atoms with Crippen molar-refractivity contribution in [3.8, 4) is 0 Å². The summed E-state index contributed by atoms with van der Waals surface area (Å²) in [5.74, 6) is -0.660. The van der Waals surface area contributed by atoms with E-state index in [1.807, 2.05) is 24.3 Å². The molecule has 0 aliphatic rings. The van der Waals surface area contributed by atoms with Gasteiger partial charge in [-0.1, -0.05) is 18.2 Å². The summed E-state index contributed by atoms with van der Waals surface area (Å²) in [5.41, 5.74) is 1.58. The van der Waals surface area contributed by atoms with Crippen molar-refractivity contribution in [3.05, 3.63) is 59.4 Å². The number of nitrogens with zero attached hydrogens (tertiary/aromatic N) is 1. The zero-order chi connectivity index (χ0) is 14.1. The van der Waals surface area contributed by atoms with Gasteiger partial charge in [-0.15, -0.1) is 0 Å². The zero-order valence-electron chi connectivity index (χ0n) is 10.8. The Morgan fingerprint density at radius 2 is 2.05 bits per heavy atom. The van der Waals surface area contributed by atoms with Gasteiger partial charge in [-0.2, -0.15) is 5.10 Å². The molecule has 0 aliphatic heterocycles. The highest BCUT2D eigenvalue weighted by atomic mass is 19.1. The van der Waals surface area contributed by atoms with Crippen LogP contribution in [0.1, 0.15) is 15.9 Å². The molecule has 1 heterocycles. The second-order valence-corrected chi connectivity index (χ2v) is 4.56. The van der Waals surface area contributed by atoms with E-state index in [0.29, 0.717) is 5.82 Å². The zero-order valence-corrected chi connectivity index (χ0v) is 10.8. The molecule has 0 bridgehead atoms. The number of nitrogens with one attached hydrogen (secondary N) is 2. The number of anilines is 1. The Hall–Kier alpha value is -2.69. The summed E-state index contributed by atoms with van der Waals surface area (Å²) >= 11 is 0. The Morgan fingerprint density at radius 3 is 2.85 bits per heavy atom. The molecular formula is C15H12FN3O. The van der Waals surface area contributed by atoms with Crippen molar-refractivity contribution in [2.24, 2.45) is 0 Å². The second-order valence-electron chi connectivity index (χ2n) is 4.56. The van der Waals surface area contributed by atoms with Gasteiger partial charge in [0.2, 0.25) is 0 Å². The van der Waals surface area contributed by atoms with Gasteiger partial charge in [0.05, 0.1) is 11.1 Å². The van der Waals surface area contributed by atoms with Crippen molar-refractivity contribution < 1.29 is 9.18 Å². The summed E-state index contributed by atoms with van der Waals surface area (Å²) in [6.45, 7) is 1.77. The molecule has 0 unspecified atom stereocenters. The molecule has 0 aliphatic carbocycles. The summed E-state index contributed by atoms with van der Waals surface area (Å²) in [6, 6.07) is 11.9. The van der Waals surface area contributed by atoms with Gasteiger partial charge in [0, 0.05) is 5.39 Å². The molecule has 0 saturated carbocycles. The minimum Gasteiger partial charge on any atom is -0.304 e. The van der Waals surface area contributed by atoms with Crippen LogP contribution in [0.25, 0.3) is 10.9 Å². The van der Waals surface area contributed by atoms with E-state index in [9.17, 15) is 9.18 Å². The van der Waals surface area contributed by atoms with Gasteiger partial charge in [-0.3, -0.25) is 9.89 Å². The third kappa shape index (κ3) is 2.14. The summed E-state index contributed by atoms with van der Waals surface area (Å²) in [4.78, 5) is 12.1. The SMILES string of the molecule is Cc1ccc(C(=O)Nc2n[nH]c3ccccc23)c(F)c1. The van der Waals surface area contributed by atoms with Gasteiger partial charge < -0.3 is 5.32 Å². The molecule has 20 heavy (non-hydrogen) atoms. The van der Waals surface area contributed by atoms with Gasteiger partial charge in [0.15, 0.2) is 5.82 Å². The van der Waals surface area contributed by atoms with Gasteiger partial charge in [-0.25, -0.2) is 4.39 Å². The molecule has 0 radical (unpaired) electrons. The lowest BCUT2D eigenvalue weighted by atomic mass is 10.1. The summed E-state index contributed by atoms with van der Waals surface area (Å²) in [6.07, 6.45) is 0. The van der Waals surface area contributed by atoms with Crippen LogP contribution in [0.15, 0.2) is 42.5 Å². The van der Waals surface area contributed by atoms with Crippen LogP contribution in [0.4, 0.5) is 10.2 Å². The van der Waals surface area contributed by atoms with Crippen LogP contribution in [0.3, 0.4) is 0 Å². The summed E-state index contributed by atoms with van der Waals surface area (Å²) in [5, 5.41) is 10.2. The number of rotatable bonds is 2. The lowest BCUT2D eigenvalue weighted by molar-refractivity contribution is 0.102. The average Bonchev–Trinajstić information content (AvgIpc) is 2.82. The summed E-state index contributed by atoms with van der Waals surface area (Å²) in [7, 11) is 0. The molecule has 3 rings (SSSR count). The molecule has 2 N–H and O–H groups in total. The Morgan fingerprint density at radius 1 is 1.25 bits per heavy atom. The number of aromatic nitrogens is 2. The van der Waals surface area contributed by atoms with Crippen molar-refractivity contribution >= 4 is 22.6 Å². The quantitative estimate of drug-likeness (QED) is 0.750. The van der Waals surface area contributed by atoms with Crippen molar-refractivity contribution in [1.82, 2.24) is 10.2 Å². The highest BCUT2D eigenvalue weighted by molar-refractivity contribution is 6.07. The first kappa shape index (κ1) is 12.3. The number of hydrogen-bond donors (Lipinski definition) is 2. The molecular weight excluding hydrogens is 257 g/mol. The summed E-state index contributed by atoms with van der Waals surface area (Å²) < 4.78 is 13.8. The van der Waals surface area contributed by atoms with Gasteiger partial charge in [0.25, 0.3) is 5.91 Å². The number of aryl methyl sites for hydroxylation is 1. The molecule has 0 spiro atoms. The minimum absolute atomic E-state index is 0.00248. The molecule has 1 aromatic heterocycles. The largest absolute Gasteiger partial charge is 0.304 e. The first-order chi connectivity index (χ1) is 9.65. The normalized spacial score (nSPS) is 10.7. The highest BCUT2D eigenvalue weighted by Crippen LogP contribution is 2.20. The number of H-pyrrole nitrogens is 1. The lowest BCUT2D eigenvalue weighted by Crippen LogP contribution is -2.14. The molecule has 0 saturated heterocycles. The number of amides is 1. The second kappa shape index (κ2) is 4.77. The van der Waals surface area contributed by atoms with E-state index in [0.717, 1.165) is 16.5 Å².